The molecule has 0 aromatic heterocycles. The fraction of sp³-hybridized carbons (Fsp3) is 0.192. The number of nitrogens with one attached hydrogen (secondary N) is 1. The van der Waals surface area contributed by atoms with Crippen LogP contribution >= 0.6 is 0 Å². The normalized spacial score (nSPS) is 15.8. The highest BCUT2D eigenvalue weighted by molar-refractivity contribution is 6.00. The maximum Gasteiger partial charge on any atom is 0.245 e. The molecule has 3 aromatic carbocycles. The molecule has 0 bridgehead atoms. The average molecular weight is 428 g/mol. The Bertz CT molecular complexity index is 1090. The molecule has 1 aliphatic rings. The van der Waals surface area contributed by atoms with Crippen LogP contribution in [0, 0.1) is 12.8 Å². The van der Waals surface area contributed by atoms with Crippen molar-refractivity contribution in [2.45, 2.75) is 20.0 Å². The molecule has 2 amide bonds. The van der Waals surface area contributed by atoms with E-state index >= 15 is 0 Å². The summed E-state index contributed by atoms with van der Waals surface area (Å²) in [6.45, 7) is 2.86. The number of anilines is 1. The lowest BCUT2D eigenvalue weighted by molar-refractivity contribution is -0.126. The van der Waals surface area contributed by atoms with Crippen LogP contribution < -0.4 is 15.1 Å². The number of hydrazone groups is 1. The van der Waals surface area contributed by atoms with Crippen LogP contribution in [0.4, 0.5) is 5.69 Å². The molecule has 32 heavy (non-hydrogen) atoms. The van der Waals surface area contributed by atoms with E-state index in [0.29, 0.717) is 13.2 Å². The van der Waals surface area contributed by atoms with Crippen molar-refractivity contribution in [1.82, 2.24) is 5.43 Å². The standard InChI is InChI=1S/C26H25N3O3/c1-19-7-11-23(12-8-19)29-17-22(15-25(29)30)26(31)28-27-16-20-9-13-24(14-10-20)32-18-21-5-3-2-4-6-21/h2-14,16,22H,15,17-18H2,1H3,(H,28,31)/b27-16+/t22-/m0/s1. The zero-order valence-electron chi connectivity index (χ0n) is 17.9. The number of carbonyl (C=O) groups is 2. The molecular weight excluding hydrogens is 402 g/mol. The molecule has 0 spiro atoms. The van der Waals surface area contributed by atoms with Crippen LogP contribution in [0.25, 0.3) is 0 Å². The molecule has 1 fully saturated rings. The molecule has 3 aromatic rings. The van der Waals surface area contributed by atoms with Crippen LogP contribution in [-0.2, 0) is 16.2 Å². The van der Waals surface area contributed by atoms with Crippen LogP contribution in [0.2, 0.25) is 0 Å². The summed E-state index contributed by atoms with van der Waals surface area (Å²) in [7, 11) is 0. The molecule has 0 aliphatic carbocycles. The Morgan fingerprint density at radius 1 is 1.06 bits per heavy atom. The molecule has 0 unspecified atom stereocenters. The molecule has 4 rings (SSSR count). The number of aryl methyl sites for hydroxylation is 1. The third-order valence-electron chi connectivity index (χ3n) is 5.36. The van der Waals surface area contributed by atoms with E-state index in [1.165, 1.54) is 0 Å². The zero-order chi connectivity index (χ0) is 22.3. The Labute approximate surface area is 187 Å². The first-order chi connectivity index (χ1) is 15.6. The highest BCUT2D eigenvalue weighted by Gasteiger charge is 2.35. The van der Waals surface area contributed by atoms with Gasteiger partial charge in [0.2, 0.25) is 11.8 Å². The Morgan fingerprint density at radius 3 is 2.50 bits per heavy atom. The maximum atomic E-state index is 12.5. The van der Waals surface area contributed by atoms with Gasteiger partial charge in [0.05, 0.1) is 12.1 Å². The highest BCUT2D eigenvalue weighted by Crippen LogP contribution is 2.25. The highest BCUT2D eigenvalue weighted by atomic mass is 16.5. The third kappa shape index (κ3) is 5.40. The summed E-state index contributed by atoms with van der Waals surface area (Å²) in [6, 6.07) is 25.1. The van der Waals surface area contributed by atoms with Gasteiger partial charge < -0.3 is 9.64 Å². The smallest absolute Gasteiger partial charge is 0.245 e. The molecule has 1 atom stereocenters. The molecular formula is C26H25N3O3. The van der Waals surface area contributed by atoms with E-state index in [-0.39, 0.29) is 18.2 Å². The Kier molecular flexibility index (Phi) is 6.60. The van der Waals surface area contributed by atoms with Crippen molar-refractivity contribution in [1.29, 1.82) is 0 Å². The van der Waals surface area contributed by atoms with Gasteiger partial charge in [-0.1, -0.05) is 48.0 Å². The Morgan fingerprint density at radius 2 is 1.78 bits per heavy atom. The summed E-state index contributed by atoms with van der Waals surface area (Å²) in [5.74, 6) is 0.0292. The van der Waals surface area contributed by atoms with Crippen LogP contribution in [0.15, 0.2) is 84.0 Å². The molecule has 6 heteroatoms. The molecule has 0 radical (unpaired) electrons. The predicted octanol–water partition coefficient (Wildman–Crippen LogP) is 4.08. The van der Waals surface area contributed by atoms with Gasteiger partial charge in [0.25, 0.3) is 0 Å². The van der Waals surface area contributed by atoms with Gasteiger partial charge in [0.15, 0.2) is 0 Å². The largest absolute Gasteiger partial charge is 0.489 e. The summed E-state index contributed by atoms with van der Waals surface area (Å²) in [5, 5.41) is 4.05. The average Bonchev–Trinajstić information content (AvgIpc) is 3.21. The summed E-state index contributed by atoms with van der Waals surface area (Å²) < 4.78 is 5.77. The fourth-order valence-corrected chi connectivity index (χ4v) is 3.51. The third-order valence-corrected chi connectivity index (χ3v) is 5.36. The van der Waals surface area contributed by atoms with E-state index in [2.05, 4.69) is 10.5 Å². The van der Waals surface area contributed by atoms with Gasteiger partial charge in [0.1, 0.15) is 12.4 Å². The first kappa shape index (κ1) is 21.3. The molecule has 162 valence electrons. The van der Waals surface area contributed by atoms with E-state index in [0.717, 1.165) is 28.1 Å². The lowest BCUT2D eigenvalue weighted by atomic mass is 10.1. The molecule has 6 nitrogen and oxygen atoms in total. The van der Waals surface area contributed by atoms with Gasteiger partial charge in [-0.05, 0) is 54.4 Å². The summed E-state index contributed by atoms with van der Waals surface area (Å²) in [6.07, 6.45) is 1.76. The van der Waals surface area contributed by atoms with Gasteiger partial charge in [-0.2, -0.15) is 5.10 Å². The summed E-state index contributed by atoms with van der Waals surface area (Å²) in [4.78, 5) is 26.5. The number of ether oxygens (including phenoxy) is 1. The van der Waals surface area contributed by atoms with Crippen molar-refractivity contribution in [3.8, 4) is 5.75 Å². The minimum absolute atomic E-state index is 0.0518. The molecule has 0 saturated carbocycles. The zero-order valence-corrected chi connectivity index (χ0v) is 17.9. The molecule has 1 saturated heterocycles. The Hall–Kier alpha value is -3.93. The van der Waals surface area contributed by atoms with Crippen molar-refractivity contribution in [3.63, 3.8) is 0 Å². The number of rotatable bonds is 7. The van der Waals surface area contributed by atoms with Crippen LogP contribution in [0.3, 0.4) is 0 Å². The number of benzene rings is 3. The number of hydrogen-bond acceptors (Lipinski definition) is 4. The molecule has 1 heterocycles. The summed E-state index contributed by atoms with van der Waals surface area (Å²) >= 11 is 0. The van der Waals surface area contributed by atoms with E-state index in [1.807, 2.05) is 85.8 Å². The first-order valence-electron chi connectivity index (χ1n) is 10.6. The van der Waals surface area contributed by atoms with Crippen LogP contribution in [-0.4, -0.2) is 24.6 Å². The quantitative estimate of drug-likeness (QED) is 0.456. The minimum Gasteiger partial charge on any atom is -0.489 e. The SMILES string of the molecule is Cc1ccc(N2C[C@@H](C(=O)N/N=C/c3ccc(OCc4ccccc4)cc3)CC2=O)cc1. The topological polar surface area (TPSA) is 71.0 Å². The number of hydrogen-bond donors (Lipinski definition) is 1. The van der Waals surface area contributed by atoms with Gasteiger partial charge >= 0.3 is 0 Å². The van der Waals surface area contributed by atoms with Crippen molar-refractivity contribution in [2.24, 2.45) is 11.0 Å². The van der Waals surface area contributed by atoms with Crippen LogP contribution in [0.5, 0.6) is 5.75 Å². The van der Waals surface area contributed by atoms with E-state index in [9.17, 15) is 9.59 Å². The van der Waals surface area contributed by atoms with Crippen LogP contribution in [0.1, 0.15) is 23.1 Å². The second kappa shape index (κ2) is 9.92. The van der Waals surface area contributed by atoms with Gasteiger partial charge in [-0.25, -0.2) is 5.43 Å². The van der Waals surface area contributed by atoms with Gasteiger partial charge in [-0.15, -0.1) is 0 Å². The number of amides is 2. The van der Waals surface area contributed by atoms with E-state index in [1.54, 1.807) is 11.1 Å². The maximum absolute atomic E-state index is 12.5. The number of carbonyl (C=O) groups excluding carboxylic acids is 2. The minimum atomic E-state index is -0.422. The number of nitrogens with zero attached hydrogens (tertiary/aromatic N) is 2. The second-order valence-electron chi connectivity index (χ2n) is 7.82. The monoisotopic (exact) mass is 427 g/mol. The van der Waals surface area contributed by atoms with Crippen molar-refractivity contribution in [2.75, 3.05) is 11.4 Å². The van der Waals surface area contributed by atoms with Gasteiger partial charge in [-0.3, -0.25) is 9.59 Å². The van der Waals surface area contributed by atoms with Crippen molar-refractivity contribution >= 4 is 23.7 Å². The predicted molar refractivity (Wildman–Crippen MR) is 125 cm³/mol. The second-order valence-corrected chi connectivity index (χ2v) is 7.82. The summed E-state index contributed by atoms with van der Waals surface area (Å²) in [5.41, 5.74) is 6.43. The van der Waals surface area contributed by atoms with E-state index in [4.69, 9.17) is 4.74 Å². The first-order valence-corrected chi connectivity index (χ1v) is 10.6. The molecule has 1 aliphatic heterocycles. The molecule has 1 N–H and O–H groups in total. The lowest BCUT2D eigenvalue weighted by Gasteiger charge is -2.16. The van der Waals surface area contributed by atoms with Crippen molar-refractivity contribution in [3.05, 3.63) is 95.6 Å². The lowest BCUT2D eigenvalue weighted by Crippen LogP contribution is -2.30. The van der Waals surface area contributed by atoms with Crippen molar-refractivity contribution < 1.29 is 14.3 Å². The fourth-order valence-electron chi connectivity index (χ4n) is 3.51. The van der Waals surface area contributed by atoms with E-state index < -0.39 is 5.92 Å². The Balaban J connectivity index is 1.27. The van der Waals surface area contributed by atoms with Gasteiger partial charge in [0, 0.05) is 18.7 Å².